The van der Waals surface area contributed by atoms with Crippen LogP contribution in [-0.4, -0.2) is 42.0 Å². The highest BCUT2D eigenvalue weighted by atomic mass is 32.1. The molecule has 0 spiro atoms. The van der Waals surface area contributed by atoms with Crippen molar-refractivity contribution in [2.24, 2.45) is 0 Å². The summed E-state index contributed by atoms with van der Waals surface area (Å²) in [6.07, 6.45) is 0. The van der Waals surface area contributed by atoms with Crippen LogP contribution < -0.4 is 4.90 Å². The van der Waals surface area contributed by atoms with Crippen molar-refractivity contribution in [3.05, 3.63) is 58.9 Å². The van der Waals surface area contributed by atoms with E-state index in [9.17, 15) is 9.18 Å². The Bertz CT molecular complexity index is 959. The van der Waals surface area contributed by atoms with Crippen LogP contribution in [0.25, 0.3) is 10.2 Å². The number of amides is 1. The molecule has 0 aliphatic carbocycles. The number of anilines is 1. The van der Waals surface area contributed by atoms with Gasteiger partial charge in [-0.1, -0.05) is 17.4 Å². The van der Waals surface area contributed by atoms with Crippen molar-refractivity contribution in [2.45, 2.75) is 13.8 Å². The van der Waals surface area contributed by atoms with E-state index in [1.807, 2.05) is 4.90 Å². The van der Waals surface area contributed by atoms with E-state index in [1.54, 1.807) is 23.5 Å². The van der Waals surface area contributed by atoms with Gasteiger partial charge >= 0.3 is 0 Å². The second-order valence-electron chi connectivity index (χ2n) is 6.71. The van der Waals surface area contributed by atoms with Crippen LogP contribution in [0.5, 0.6) is 0 Å². The van der Waals surface area contributed by atoms with E-state index in [0.29, 0.717) is 18.7 Å². The van der Waals surface area contributed by atoms with E-state index in [0.717, 1.165) is 23.7 Å². The second kappa shape index (κ2) is 6.68. The minimum atomic E-state index is -0.326. The molecule has 1 fully saturated rings. The number of hydrogen-bond donors (Lipinski definition) is 0. The van der Waals surface area contributed by atoms with Gasteiger partial charge in [0.15, 0.2) is 5.13 Å². The number of halogens is 1. The summed E-state index contributed by atoms with van der Waals surface area (Å²) in [5.41, 5.74) is 4.05. The van der Waals surface area contributed by atoms with Gasteiger partial charge in [0.25, 0.3) is 5.91 Å². The zero-order valence-corrected chi connectivity index (χ0v) is 15.6. The summed E-state index contributed by atoms with van der Waals surface area (Å²) in [5.74, 6) is -0.367. The first-order valence-electron chi connectivity index (χ1n) is 8.69. The number of thiazole rings is 1. The van der Waals surface area contributed by atoms with Crippen LogP contribution in [0.15, 0.2) is 36.4 Å². The molecule has 0 unspecified atom stereocenters. The van der Waals surface area contributed by atoms with Crippen molar-refractivity contribution >= 4 is 32.6 Å². The summed E-state index contributed by atoms with van der Waals surface area (Å²) in [6, 6.07) is 10.1. The molecule has 4 rings (SSSR count). The number of hydrogen-bond acceptors (Lipinski definition) is 4. The molecule has 4 nitrogen and oxygen atoms in total. The normalized spacial score (nSPS) is 14.9. The highest BCUT2D eigenvalue weighted by Crippen LogP contribution is 2.32. The molecule has 0 saturated carbocycles. The zero-order valence-electron chi connectivity index (χ0n) is 14.8. The molecule has 0 atom stereocenters. The first kappa shape index (κ1) is 17.0. The van der Waals surface area contributed by atoms with Gasteiger partial charge in [0.2, 0.25) is 0 Å². The Kier molecular flexibility index (Phi) is 4.36. The van der Waals surface area contributed by atoms with Gasteiger partial charge < -0.3 is 9.80 Å². The summed E-state index contributed by atoms with van der Waals surface area (Å²) < 4.78 is 14.2. The van der Waals surface area contributed by atoms with Crippen LogP contribution in [0.4, 0.5) is 9.52 Å². The Morgan fingerprint density at radius 3 is 2.46 bits per heavy atom. The number of nitrogens with zero attached hydrogens (tertiary/aromatic N) is 3. The van der Waals surface area contributed by atoms with Crippen molar-refractivity contribution in [3.63, 3.8) is 0 Å². The van der Waals surface area contributed by atoms with Crippen LogP contribution in [-0.2, 0) is 0 Å². The molecule has 1 aliphatic heterocycles. The molecule has 26 heavy (non-hydrogen) atoms. The number of aromatic nitrogens is 1. The molecule has 1 saturated heterocycles. The quantitative estimate of drug-likeness (QED) is 0.685. The highest BCUT2D eigenvalue weighted by Gasteiger charge is 2.24. The number of carbonyl (C=O) groups excluding carboxylic acids is 1. The van der Waals surface area contributed by atoms with E-state index < -0.39 is 0 Å². The van der Waals surface area contributed by atoms with Gasteiger partial charge in [-0.15, -0.1) is 0 Å². The van der Waals surface area contributed by atoms with Gasteiger partial charge in [0, 0.05) is 31.7 Å². The molecule has 3 aromatic rings. The first-order chi connectivity index (χ1) is 12.5. The maximum absolute atomic E-state index is 13.0. The van der Waals surface area contributed by atoms with E-state index in [-0.39, 0.29) is 11.7 Å². The third-order valence-electron chi connectivity index (χ3n) is 4.75. The fourth-order valence-corrected chi connectivity index (χ4v) is 4.56. The molecule has 2 heterocycles. The lowest BCUT2D eigenvalue weighted by atomic mass is 10.1. The van der Waals surface area contributed by atoms with Gasteiger partial charge in [0.1, 0.15) is 5.82 Å². The van der Waals surface area contributed by atoms with Crippen LogP contribution >= 0.6 is 11.3 Å². The predicted octanol–water partition coefficient (Wildman–Crippen LogP) is 4.01. The van der Waals surface area contributed by atoms with Crippen molar-refractivity contribution in [3.8, 4) is 0 Å². The van der Waals surface area contributed by atoms with Gasteiger partial charge in [-0.2, -0.15) is 0 Å². The molecule has 0 radical (unpaired) electrons. The van der Waals surface area contributed by atoms with Crippen LogP contribution in [0, 0.1) is 19.7 Å². The van der Waals surface area contributed by atoms with Gasteiger partial charge in [-0.05, 0) is 55.3 Å². The molecule has 1 aliphatic rings. The second-order valence-corrected chi connectivity index (χ2v) is 7.72. The average Bonchev–Trinajstić information content (AvgIpc) is 3.06. The van der Waals surface area contributed by atoms with E-state index in [1.165, 1.54) is 28.0 Å². The first-order valence-corrected chi connectivity index (χ1v) is 9.50. The summed E-state index contributed by atoms with van der Waals surface area (Å²) in [4.78, 5) is 21.4. The van der Waals surface area contributed by atoms with Crippen LogP contribution in [0.2, 0.25) is 0 Å². The number of benzene rings is 2. The third-order valence-corrected chi connectivity index (χ3v) is 5.81. The van der Waals surface area contributed by atoms with E-state index >= 15 is 0 Å². The number of rotatable bonds is 2. The predicted molar refractivity (Wildman–Crippen MR) is 104 cm³/mol. The fourth-order valence-electron chi connectivity index (χ4n) is 3.37. The summed E-state index contributed by atoms with van der Waals surface area (Å²) in [7, 11) is 0. The molecule has 1 amide bonds. The van der Waals surface area contributed by atoms with Crippen molar-refractivity contribution in [1.29, 1.82) is 0 Å². The molecular weight excluding hydrogens is 349 g/mol. The van der Waals surface area contributed by atoms with Gasteiger partial charge in [-0.25, -0.2) is 9.37 Å². The minimum Gasteiger partial charge on any atom is -0.345 e. The molecule has 0 bridgehead atoms. The molecule has 134 valence electrons. The summed E-state index contributed by atoms with van der Waals surface area (Å²) >= 11 is 1.71. The van der Waals surface area contributed by atoms with Crippen molar-refractivity contribution in [1.82, 2.24) is 9.88 Å². The van der Waals surface area contributed by atoms with Crippen molar-refractivity contribution < 1.29 is 9.18 Å². The average molecular weight is 369 g/mol. The largest absolute Gasteiger partial charge is 0.345 e. The Morgan fingerprint density at radius 2 is 1.77 bits per heavy atom. The highest BCUT2D eigenvalue weighted by molar-refractivity contribution is 7.22. The maximum Gasteiger partial charge on any atom is 0.253 e. The SMILES string of the molecule is Cc1cc(C)c2nc(N3CCN(C(=O)c4ccc(F)cc4)CC3)sc2c1. The smallest absolute Gasteiger partial charge is 0.253 e. The topological polar surface area (TPSA) is 36.4 Å². The van der Waals surface area contributed by atoms with Gasteiger partial charge in [-0.3, -0.25) is 4.79 Å². The van der Waals surface area contributed by atoms with E-state index in [2.05, 4.69) is 30.9 Å². The van der Waals surface area contributed by atoms with Crippen molar-refractivity contribution in [2.75, 3.05) is 31.1 Å². The number of fused-ring (bicyclic) bond motifs is 1. The minimum absolute atomic E-state index is 0.0413. The monoisotopic (exact) mass is 369 g/mol. The Balaban J connectivity index is 1.47. The Hall–Kier alpha value is -2.47. The number of carbonyl (C=O) groups is 1. The van der Waals surface area contributed by atoms with Crippen LogP contribution in [0.3, 0.4) is 0 Å². The molecule has 6 heteroatoms. The van der Waals surface area contributed by atoms with Gasteiger partial charge in [0.05, 0.1) is 10.2 Å². The molecule has 1 aromatic heterocycles. The van der Waals surface area contributed by atoms with Crippen LogP contribution in [0.1, 0.15) is 21.5 Å². The lowest BCUT2D eigenvalue weighted by Crippen LogP contribution is -2.48. The summed E-state index contributed by atoms with van der Waals surface area (Å²) in [6.45, 7) is 6.99. The van der Waals surface area contributed by atoms with E-state index in [4.69, 9.17) is 4.98 Å². The number of aryl methyl sites for hydroxylation is 2. The zero-order chi connectivity index (χ0) is 18.3. The molecular formula is C20H20FN3OS. The Morgan fingerprint density at radius 1 is 1.08 bits per heavy atom. The lowest BCUT2D eigenvalue weighted by molar-refractivity contribution is 0.0746. The Labute approximate surface area is 155 Å². The fraction of sp³-hybridized carbons (Fsp3) is 0.300. The maximum atomic E-state index is 13.0. The third kappa shape index (κ3) is 3.17. The molecule has 0 N–H and O–H groups in total. The summed E-state index contributed by atoms with van der Waals surface area (Å²) in [5, 5.41) is 1.02. The number of piperazine rings is 1. The molecule has 2 aromatic carbocycles. The standard InChI is InChI=1S/C20H20FN3OS/c1-13-11-14(2)18-17(12-13)26-20(22-18)24-9-7-23(8-10-24)19(25)15-3-5-16(21)6-4-15/h3-6,11-12H,7-10H2,1-2H3. The lowest BCUT2D eigenvalue weighted by Gasteiger charge is -2.34.